The van der Waals surface area contributed by atoms with Gasteiger partial charge in [-0.25, -0.2) is 4.39 Å². The highest BCUT2D eigenvalue weighted by Gasteiger charge is 2.16. The molecule has 1 amide bonds. The number of halogens is 1. The van der Waals surface area contributed by atoms with E-state index >= 15 is 0 Å². The highest BCUT2D eigenvalue weighted by molar-refractivity contribution is 5.93. The Kier molecular flexibility index (Phi) is 2.85. The molecule has 3 rings (SSSR count). The van der Waals surface area contributed by atoms with Crippen LogP contribution in [0.2, 0.25) is 0 Å². The van der Waals surface area contributed by atoms with Crippen molar-refractivity contribution in [2.24, 2.45) is 0 Å². The lowest BCUT2D eigenvalue weighted by molar-refractivity contribution is -0.128. The van der Waals surface area contributed by atoms with Gasteiger partial charge in [0.05, 0.1) is 0 Å². The summed E-state index contributed by atoms with van der Waals surface area (Å²) in [6.07, 6.45) is 4.83. The maximum atomic E-state index is 13.1. The van der Waals surface area contributed by atoms with Crippen molar-refractivity contribution in [2.75, 3.05) is 13.1 Å². The molecule has 2 aromatic rings. The van der Waals surface area contributed by atoms with Crippen LogP contribution >= 0.6 is 0 Å². The summed E-state index contributed by atoms with van der Waals surface area (Å²) in [4.78, 5) is 16.2. The lowest BCUT2D eigenvalue weighted by atomic mass is 9.99. The number of rotatable bonds is 1. The molecule has 0 saturated heterocycles. The smallest absolute Gasteiger partial charge is 0.219 e. The van der Waals surface area contributed by atoms with Gasteiger partial charge in [0.1, 0.15) is 5.82 Å². The second-order valence-electron chi connectivity index (χ2n) is 4.84. The van der Waals surface area contributed by atoms with E-state index in [1.165, 1.54) is 17.7 Å². The fourth-order valence-electron chi connectivity index (χ4n) is 2.56. The van der Waals surface area contributed by atoms with E-state index in [0.29, 0.717) is 6.54 Å². The van der Waals surface area contributed by atoms with Gasteiger partial charge in [0.2, 0.25) is 5.91 Å². The molecule has 1 aliphatic heterocycles. The van der Waals surface area contributed by atoms with Crippen LogP contribution < -0.4 is 0 Å². The van der Waals surface area contributed by atoms with Crippen LogP contribution in [-0.4, -0.2) is 28.9 Å². The van der Waals surface area contributed by atoms with Gasteiger partial charge >= 0.3 is 0 Å². The van der Waals surface area contributed by atoms with Crippen LogP contribution in [0.1, 0.15) is 18.9 Å². The Labute approximate surface area is 110 Å². The van der Waals surface area contributed by atoms with Crippen LogP contribution in [-0.2, 0) is 4.79 Å². The molecule has 0 atom stereocenters. The summed E-state index contributed by atoms with van der Waals surface area (Å²) in [6, 6.07) is 4.78. The van der Waals surface area contributed by atoms with Gasteiger partial charge < -0.3 is 9.88 Å². The normalized spacial score (nSPS) is 15.7. The molecule has 19 heavy (non-hydrogen) atoms. The maximum Gasteiger partial charge on any atom is 0.219 e. The molecular formula is C15H15FN2O. The van der Waals surface area contributed by atoms with Crippen molar-refractivity contribution in [1.29, 1.82) is 0 Å². The number of H-pyrrole nitrogens is 1. The van der Waals surface area contributed by atoms with Crippen LogP contribution in [0, 0.1) is 5.82 Å². The van der Waals surface area contributed by atoms with Crippen LogP contribution in [0.4, 0.5) is 4.39 Å². The zero-order valence-corrected chi connectivity index (χ0v) is 10.7. The number of carbonyl (C=O) groups excluding carboxylic acids is 1. The number of hydrogen-bond donors (Lipinski definition) is 1. The Morgan fingerprint density at radius 3 is 2.95 bits per heavy atom. The summed E-state index contributed by atoms with van der Waals surface area (Å²) in [6.45, 7) is 2.99. The van der Waals surface area contributed by atoms with Gasteiger partial charge in [0.25, 0.3) is 0 Å². The molecule has 4 heteroatoms. The van der Waals surface area contributed by atoms with E-state index in [4.69, 9.17) is 0 Å². The van der Waals surface area contributed by atoms with Gasteiger partial charge in [-0.05, 0) is 30.2 Å². The van der Waals surface area contributed by atoms with Crippen LogP contribution in [0.25, 0.3) is 16.5 Å². The predicted molar refractivity (Wildman–Crippen MR) is 73.1 cm³/mol. The first kappa shape index (κ1) is 12.0. The summed E-state index contributed by atoms with van der Waals surface area (Å²) in [7, 11) is 0. The standard InChI is InChI=1S/C15H15FN2O/c1-10(19)18-6-4-11(5-7-18)14-9-17-15-8-12(16)2-3-13(14)15/h2-4,8-9,17H,5-7H2,1H3. The lowest BCUT2D eigenvalue weighted by Gasteiger charge is -2.25. The number of nitrogens with one attached hydrogen (secondary N) is 1. The molecular weight excluding hydrogens is 243 g/mol. The lowest BCUT2D eigenvalue weighted by Crippen LogP contribution is -2.32. The highest BCUT2D eigenvalue weighted by Crippen LogP contribution is 2.29. The topological polar surface area (TPSA) is 36.1 Å². The Balaban J connectivity index is 1.95. The van der Waals surface area contributed by atoms with Gasteiger partial charge in [0, 0.05) is 42.7 Å². The Hall–Kier alpha value is -2.10. The second kappa shape index (κ2) is 4.53. The largest absolute Gasteiger partial charge is 0.360 e. The molecule has 3 nitrogen and oxygen atoms in total. The first-order valence-corrected chi connectivity index (χ1v) is 6.37. The predicted octanol–water partition coefficient (Wildman–Crippen LogP) is 2.94. The molecule has 0 unspecified atom stereocenters. The molecule has 0 aliphatic carbocycles. The van der Waals surface area contributed by atoms with Crippen molar-refractivity contribution in [3.63, 3.8) is 0 Å². The zero-order chi connectivity index (χ0) is 13.4. The number of aromatic amines is 1. The van der Waals surface area contributed by atoms with Crippen molar-refractivity contribution < 1.29 is 9.18 Å². The van der Waals surface area contributed by atoms with E-state index < -0.39 is 0 Å². The SMILES string of the molecule is CC(=O)N1CC=C(c2c[nH]c3cc(F)ccc23)CC1. The first-order chi connectivity index (χ1) is 9.15. The molecule has 0 bridgehead atoms. The number of hydrogen-bond acceptors (Lipinski definition) is 1. The third kappa shape index (κ3) is 2.14. The summed E-state index contributed by atoms with van der Waals surface area (Å²) in [5.41, 5.74) is 3.14. The molecule has 1 N–H and O–H groups in total. The summed E-state index contributed by atoms with van der Waals surface area (Å²) < 4.78 is 13.1. The fraction of sp³-hybridized carbons (Fsp3) is 0.267. The van der Waals surface area contributed by atoms with Gasteiger partial charge in [-0.3, -0.25) is 4.79 Å². The van der Waals surface area contributed by atoms with Crippen molar-refractivity contribution in [2.45, 2.75) is 13.3 Å². The maximum absolute atomic E-state index is 13.1. The molecule has 0 saturated carbocycles. The quantitative estimate of drug-likeness (QED) is 0.838. The first-order valence-electron chi connectivity index (χ1n) is 6.37. The van der Waals surface area contributed by atoms with E-state index in [9.17, 15) is 9.18 Å². The Morgan fingerprint density at radius 2 is 2.26 bits per heavy atom. The monoisotopic (exact) mass is 258 g/mol. The summed E-state index contributed by atoms with van der Waals surface area (Å²) in [5.74, 6) is -0.127. The average molecular weight is 258 g/mol. The van der Waals surface area contributed by atoms with Crippen molar-refractivity contribution in [3.8, 4) is 0 Å². The van der Waals surface area contributed by atoms with E-state index in [0.717, 1.165) is 29.4 Å². The van der Waals surface area contributed by atoms with Gasteiger partial charge in [-0.1, -0.05) is 6.08 Å². The molecule has 2 heterocycles. The molecule has 98 valence electrons. The average Bonchev–Trinajstić information content (AvgIpc) is 2.81. The number of amides is 1. The third-order valence-corrected chi connectivity index (χ3v) is 3.64. The van der Waals surface area contributed by atoms with Crippen LogP contribution in [0.5, 0.6) is 0 Å². The third-order valence-electron chi connectivity index (χ3n) is 3.64. The molecule has 0 fully saturated rings. The van der Waals surface area contributed by atoms with Gasteiger partial charge in [-0.2, -0.15) is 0 Å². The van der Waals surface area contributed by atoms with Crippen molar-refractivity contribution in [1.82, 2.24) is 9.88 Å². The Morgan fingerprint density at radius 1 is 1.42 bits per heavy atom. The number of carbonyl (C=O) groups is 1. The van der Waals surface area contributed by atoms with Crippen molar-refractivity contribution in [3.05, 3.63) is 41.9 Å². The number of nitrogens with zero attached hydrogens (tertiary/aromatic N) is 1. The summed E-state index contributed by atoms with van der Waals surface area (Å²) in [5, 5.41) is 1.03. The minimum Gasteiger partial charge on any atom is -0.360 e. The minimum atomic E-state index is -0.235. The molecule has 1 aliphatic rings. The summed E-state index contributed by atoms with van der Waals surface area (Å²) >= 11 is 0. The van der Waals surface area contributed by atoms with E-state index in [1.54, 1.807) is 13.0 Å². The molecule has 1 aromatic heterocycles. The molecule has 1 aromatic carbocycles. The van der Waals surface area contributed by atoms with E-state index in [2.05, 4.69) is 11.1 Å². The van der Waals surface area contributed by atoms with Crippen LogP contribution in [0.3, 0.4) is 0 Å². The number of benzene rings is 1. The van der Waals surface area contributed by atoms with E-state index in [1.807, 2.05) is 11.1 Å². The van der Waals surface area contributed by atoms with E-state index in [-0.39, 0.29) is 11.7 Å². The fourth-order valence-corrected chi connectivity index (χ4v) is 2.56. The Bertz CT molecular complexity index is 672. The van der Waals surface area contributed by atoms with Crippen LogP contribution in [0.15, 0.2) is 30.5 Å². The second-order valence-corrected chi connectivity index (χ2v) is 4.84. The zero-order valence-electron chi connectivity index (χ0n) is 10.7. The van der Waals surface area contributed by atoms with Gasteiger partial charge in [-0.15, -0.1) is 0 Å². The highest BCUT2D eigenvalue weighted by atomic mass is 19.1. The van der Waals surface area contributed by atoms with Crippen molar-refractivity contribution >= 4 is 22.4 Å². The number of fused-ring (bicyclic) bond motifs is 1. The molecule has 0 spiro atoms. The minimum absolute atomic E-state index is 0.108. The number of aromatic nitrogens is 1. The van der Waals surface area contributed by atoms with Gasteiger partial charge in [0.15, 0.2) is 0 Å². The molecule has 0 radical (unpaired) electrons.